The first-order chi connectivity index (χ1) is 9.13. The van der Waals surface area contributed by atoms with Gasteiger partial charge in [0.25, 0.3) is 0 Å². The maximum Gasteiger partial charge on any atom is 0.243 e. The summed E-state index contributed by atoms with van der Waals surface area (Å²) in [5, 5.41) is 5.93. The molecule has 7 nitrogen and oxygen atoms in total. The summed E-state index contributed by atoms with van der Waals surface area (Å²) in [5.74, 6) is 1.43. The van der Waals surface area contributed by atoms with Crippen molar-refractivity contribution in [1.82, 2.24) is 20.6 Å². The summed E-state index contributed by atoms with van der Waals surface area (Å²) in [6.45, 7) is 2.22. The number of likely N-dealkylation sites (N-methyl/N-ethyl adjacent to an activating group) is 1. The molecule has 1 aromatic rings. The fourth-order valence-corrected chi connectivity index (χ4v) is 2.09. The van der Waals surface area contributed by atoms with Gasteiger partial charge in [0.1, 0.15) is 11.9 Å². The molecule has 1 aromatic heterocycles. The Morgan fingerprint density at radius 1 is 1.58 bits per heavy atom. The van der Waals surface area contributed by atoms with Crippen molar-refractivity contribution < 1.29 is 4.79 Å². The van der Waals surface area contributed by atoms with E-state index in [1.54, 1.807) is 13.2 Å². The highest BCUT2D eigenvalue weighted by molar-refractivity contribution is 5.85. The fourth-order valence-electron chi connectivity index (χ4n) is 2.09. The van der Waals surface area contributed by atoms with Gasteiger partial charge in [0, 0.05) is 47.0 Å². The lowest BCUT2D eigenvalue weighted by Gasteiger charge is -2.35. The van der Waals surface area contributed by atoms with Crippen LogP contribution in [-0.2, 0) is 4.79 Å². The summed E-state index contributed by atoms with van der Waals surface area (Å²) in [4.78, 5) is 24.5. The summed E-state index contributed by atoms with van der Waals surface area (Å²) >= 11 is 0. The van der Waals surface area contributed by atoms with Crippen molar-refractivity contribution in [1.29, 1.82) is 0 Å². The van der Waals surface area contributed by atoms with Crippen LogP contribution < -0.4 is 20.4 Å². The molecule has 2 heterocycles. The van der Waals surface area contributed by atoms with Crippen molar-refractivity contribution in [3.63, 3.8) is 0 Å². The summed E-state index contributed by atoms with van der Waals surface area (Å²) in [5.41, 5.74) is 0. The topological polar surface area (TPSA) is 73.4 Å². The molecule has 0 aliphatic carbocycles. The van der Waals surface area contributed by atoms with Crippen LogP contribution in [0.25, 0.3) is 0 Å². The second kappa shape index (κ2) is 5.83. The standard InChI is InChI=1S/C12H20N6O/c1-13-11(19)9-8-14-6-7-18(9)10-4-5-15-12(16-10)17(2)3/h4-5,9,14H,6-8H2,1-3H3,(H,13,19). The van der Waals surface area contributed by atoms with Crippen LogP contribution in [0.15, 0.2) is 12.3 Å². The molecule has 0 saturated carbocycles. The average Bonchev–Trinajstić information content (AvgIpc) is 2.46. The van der Waals surface area contributed by atoms with Crippen molar-refractivity contribution in [2.45, 2.75) is 6.04 Å². The molecule has 1 aliphatic rings. The van der Waals surface area contributed by atoms with Crippen LogP contribution in [0.1, 0.15) is 0 Å². The molecule has 19 heavy (non-hydrogen) atoms. The van der Waals surface area contributed by atoms with Gasteiger partial charge in [-0.25, -0.2) is 4.98 Å². The summed E-state index contributed by atoms with van der Waals surface area (Å²) in [6.07, 6.45) is 1.72. The Hall–Kier alpha value is -1.89. The van der Waals surface area contributed by atoms with E-state index in [2.05, 4.69) is 20.6 Å². The van der Waals surface area contributed by atoms with Gasteiger partial charge in [-0.3, -0.25) is 4.79 Å². The van der Waals surface area contributed by atoms with E-state index >= 15 is 0 Å². The number of piperazine rings is 1. The number of nitrogens with one attached hydrogen (secondary N) is 2. The van der Waals surface area contributed by atoms with E-state index < -0.39 is 0 Å². The highest BCUT2D eigenvalue weighted by Gasteiger charge is 2.29. The second-order valence-electron chi connectivity index (χ2n) is 4.64. The third kappa shape index (κ3) is 2.93. The second-order valence-corrected chi connectivity index (χ2v) is 4.64. The van der Waals surface area contributed by atoms with Crippen LogP contribution >= 0.6 is 0 Å². The van der Waals surface area contributed by atoms with Gasteiger partial charge in [0.05, 0.1) is 0 Å². The van der Waals surface area contributed by atoms with E-state index in [0.717, 1.165) is 18.9 Å². The minimum atomic E-state index is -0.233. The molecule has 2 rings (SSSR count). The van der Waals surface area contributed by atoms with Crippen molar-refractivity contribution in [3.8, 4) is 0 Å². The molecule has 0 aromatic carbocycles. The molecule has 1 amide bonds. The number of carbonyl (C=O) groups excluding carboxylic acids is 1. The number of hydrogen-bond donors (Lipinski definition) is 2. The molecule has 1 aliphatic heterocycles. The molecule has 104 valence electrons. The molecule has 2 N–H and O–H groups in total. The van der Waals surface area contributed by atoms with E-state index in [4.69, 9.17) is 0 Å². The van der Waals surface area contributed by atoms with Crippen molar-refractivity contribution in [2.75, 3.05) is 50.6 Å². The molecule has 0 bridgehead atoms. The number of rotatable bonds is 3. The largest absolute Gasteiger partial charge is 0.357 e. The highest BCUT2D eigenvalue weighted by Crippen LogP contribution is 2.17. The maximum atomic E-state index is 11.9. The zero-order valence-corrected chi connectivity index (χ0v) is 11.6. The normalized spacial score (nSPS) is 19.1. The Morgan fingerprint density at radius 3 is 3.05 bits per heavy atom. The third-order valence-corrected chi connectivity index (χ3v) is 3.11. The lowest BCUT2D eigenvalue weighted by atomic mass is 10.2. The van der Waals surface area contributed by atoms with Crippen LogP contribution in [0.3, 0.4) is 0 Å². The van der Waals surface area contributed by atoms with Crippen molar-refractivity contribution >= 4 is 17.7 Å². The van der Waals surface area contributed by atoms with Gasteiger partial charge in [-0.05, 0) is 6.07 Å². The van der Waals surface area contributed by atoms with Crippen LogP contribution in [0.4, 0.5) is 11.8 Å². The van der Waals surface area contributed by atoms with Crippen molar-refractivity contribution in [3.05, 3.63) is 12.3 Å². The minimum absolute atomic E-state index is 0.00258. The Labute approximate surface area is 113 Å². The number of anilines is 2. The Morgan fingerprint density at radius 2 is 2.37 bits per heavy atom. The first kappa shape index (κ1) is 13.5. The predicted molar refractivity (Wildman–Crippen MR) is 74.4 cm³/mol. The van der Waals surface area contributed by atoms with E-state index in [0.29, 0.717) is 12.5 Å². The first-order valence-electron chi connectivity index (χ1n) is 6.33. The average molecular weight is 264 g/mol. The van der Waals surface area contributed by atoms with Crippen LogP contribution in [0.5, 0.6) is 0 Å². The van der Waals surface area contributed by atoms with Gasteiger partial charge in [-0.15, -0.1) is 0 Å². The van der Waals surface area contributed by atoms with E-state index in [-0.39, 0.29) is 11.9 Å². The van der Waals surface area contributed by atoms with Gasteiger partial charge in [0.15, 0.2) is 0 Å². The van der Waals surface area contributed by atoms with E-state index in [9.17, 15) is 4.79 Å². The Kier molecular flexibility index (Phi) is 4.16. The highest BCUT2D eigenvalue weighted by atomic mass is 16.2. The summed E-state index contributed by atoms with van der Waals surface area (Å²) in [7, 11) is 5.44. The van der Waals surface area contributed by atoms with Gasteiger partial charge in [0.2, 0.25) is 11.9 Å². The number of nitrogens with zero attached hydrogens (tertiary/aromatic N) is 4. The van der Waals surface area contributed by atoms with Gasteiger partial charge >= 0.3 is 0 Å². The van der Waals surface area contributed by atoms with Crippen LogP contribution in [0.2, 0.25) is 0 Å². The maximum absolute atomic E-state index is 11.9. The summed E-state index contributed by atoms with van der Waals surface area (Å²) < 4.78 is 0. The molecule has 7 heteroatoms. The molecule has 1 fully saturated rings. The fraction of sp³-hybridized carbons (Fsp3) is 0.583. The molecule has 1 unspecified atom stereocenters. The molecule has 0 spiro atoms. The molecule has 1 saturated heterocycles. The first-order valence-corrected chi connectivity index (χ1v) is 6.33. The lowest BCUT2D eigenvalue weighted by molar-refractivity contribution is -0.122. The smallest absolute Gasteiger partial charge is 0.243 e. The van der Waals surface area contributed by atoms with Crippen LogP contribution in [-0.4, -0.2) is 62.7 Å². The number of carbonyl (C=O) groups is 1. The predicted octanol–water partition coefficient (Wildman–Crippen LogP) is -0.933. The minimum Gasteiger partial charge on any atom is -0.357 e. The SMILES string of the molecule is CNC(=O)C1CNCCN1c1ccnc(N(C)C)n1. The van der Waals surface area contributed by atoms with Gasteiger partial charge in [-0.2, -0.15) is 4.98 Å². The lowest BCUT2D eigenvalue weighted by Crippen LogP contribution is -2.58. The summed E-state index contributed by atoms with van der Waals surface area (Å²) in [6, 6.07) is 1.61. The van der Waals surface area contributed by atoms with E-state index in [1.807, 2.05) is 30.0 Å². The van der Waals surface area contributed by atoms with Gasteiger partial charge in [-0.1, -0.05) is 0 Å². The number of hydrogen-bond acceptors (Lipinski definition) is 6. The monoisotopic (exact) mass is 264 g/mol. The zero-order chi connectivity index (χ0) is 13.8. The number of amides is 1. The molecule has 0 radical (unpaired) electrons. The molecular weight excluding hydrogens is 244 g/mol. The van der Waals surface area contributed by atoms with E-state index in [1.165, 1.54) is 0 Å². The molecule has 1 atom stereocenters. The van der Waals surface area contributed by atoms with Crippen LogP contribution in [0, 0.1) is 0 Å². The van der Waals surface area contributed by atoms with Gasteiger partial charge < -0.3 is 20.4 Å². The third-order valence-electron chi connectivity index (χ3n) is 3.11. The quantitative estimate of drug-likeness (QED) is 0.734. The molecular formula is C12H20N6O. The van der Waals surface area contributed by atoms with Crippen molar-refractivity contribution in [2.24, 2.45) is 0 Å². The Bertz CT molecular complexity index is 450. The number of aromatic nitrogens is 2. The Balaban J connectivity index is 2.26. The zero-order valence-electron chi connectivity index (χ0n) is 11.6.